The fraction of sp³-hybridized carbons (Fsp3) is 0.240. The summed E-state index contributed by atoms with van der Waals surface area (Å²) in [6, 6.07) is 14.8. The SMILES string of the molecule is Cc1cc(CS(=O)(=O)c2ccc(C(C)(C)C)c(F)c2)n(-c2ccc(C#N)c3ncccc23)n1. The van der Waals surface area contributed by atoms with E-state index < -0.39 is 21.1 Å². The molecule has 2 aromatic carbocycles. The number of hydrogen-bond donors (Lipinski definition) is 0. The summed E-state index contributed by atoms with van der Waals surface area (Å²) in [5.41, 5.74) is 2.63. The molecular weight excluding hydrogens is 439 g/mol. The van der Waals surface area contributed by atoms with E-state index in [4.69, 9.17) is 0 Å². The second kappa shape index (κ2) is 8.09. The zero-order chi connectivity index (χ0) is 24.0. The van der Waals surface area contributed by atoms with Gasteiger partial charge in [0.1, 0.15) is 11.9 Å². The molecule has 0 aliphatic rings. The van der Waals surface area contributed by atoms with Crippen LogP contribution in [0.3, 0.4) is 0 Å². The molecule has 0 radical (unpaired) electrons. The molecule has 0 bridgehead atoms. The number of hydrogen-bond acceptors (Lipinski definition) is 5. The van der Waals surface area contributed by atoms with E-state index in [9.17, 15) is 18.1 Å². The third kappa shape index (κ3) is 4.24. The number of nitrogens with zero attached hydrogens (tertiary/aromatic N) is 4. The summed E-state index contributed by atoms with van der Waals surface area (Å²) in [4.78, 5) is 4.23. The summed E-state index contributed by atoms with van der Waals surface area (Å²) >= 11 is 0. The van der Waals surface area contributed by atoms with E-state index >= 15 is 0 Å². The molecule has 4 rings (SSSR count). The lowest BCUT2D eigenvalue weighted by molar-refractivity contribution is 0.519. The minimum absolute atomic E-state index is 0.0789. The predicted molar refractivity (Wildman–Crippen MR) is 124 cm³/mol. The summed E-state index contributed by atoms with van der Waals surface area (Å²) in [5, 5.41) is 14.6. The van der Waals surface area contributed by atoms with Crippen LogP contribution < -0.4 is 0 Å². The fourth-order valence-corrected chi connectivity index (χ4v) is 5.19. The third-order valence-electron chi connectivity index (χ3n) is 5.45. The first-order valence-electron chi connectivity index (χ1n) is 10.4. The molecule has 6 nitrogen and oxygen atoms in total. The number of sulfone groups is 1. The van der Waals surface area contributed by atoms with Gasteiger partial charge in [0.05, 0.1) is 38.8 Å². The Balaban J connectivity index is 1.79. The quantitative estimate of drug-likeness (QED) is 0.425. The lowest BCUT2D eigenvalue weighted by Gasteiger charge is -2.20. The third-order valence-corrected chi connectivity index (χ3v) is 7.09. The van der Waals surface area contributed by atoms with Gasteiger partial charge in [-0.15, -0.1) is 0 Å². The van der Waals surface area contributed by atoms with Gasteiger partial charge in [-0.25, -0.2) is 17.5 Å². The van der Waals surface area contributed by atoms with Gasteiger partial charge < -0.3 is 0 Å². The van der Waals surface area contributed by atoms with Crippen LogP contribution in [0.2, 0.25) is 0 Å². The van der Waals surface area contributed by atoms with Crippen molar-refractivity contribution < 1.29 is 12.8 Å². The molecule has 0 aliphatic heterocycles. The van der Waals surface area contributed by atoms with Crippen LogP contribution in [0.4, 0.5) is 4.39 Å². The van der Waals surface area contributed by atoms with Crippen LogP contribution in [0.5, 0.6) is 0 Å². The molecule has 0 fully saturated rings. The van der Waals surface area contributed by atoms with Gasteiger partial charge in [-0.3, -0.25) is 4.98 Å². The van der Waals surface area contributed by atoms with E-state index in [0.717, 1.165) is 6.07 Å². The second-order valence-corrected chi connectivity index (χ2v) is 11.0. The Labute approximate surface area is 192 Å². The molecular formula is C25H23FN4O2S. The molecule has 0 aliphatic carbocycles. The standard InChI is InChI=1S/C25H23FN4O2S/c1-16-12-18(15-33(31,32)19-8-9-21(22(26)13-19)25(2,3)4)30(29-16)23-10-7-17(14-27)24-20(23)6-5-11-28-24/h5-13H,15H2,1-4H3. The van der Waals surface area contributed by atoms with Crippen LogP contribution in [-0.2, 0) is 21.0 Å². The number of fused-ring (bicyclic) bond motifs is 1. The highest BCUT2D eigenvalue weighted by molar-refractivity contribution is 7.90. The van der Waals surface area contributed by atoms with Crippen molar-refractivity contribution in [2.75, 3.05) is 0 Å². The second-order valence-electron chi connectivity index (χ2n) is 8.98. The first kappa shape index (κ1) is 22.6. The molecule has 0 N–H and O–H groups in total. The van der Waals surface area contributed by atoms with Gasteiger partial charge in [0.2, 0.25) is 0 Å². The average Bonchev–Trinajstić information content (AvgIpc) is 3.10. The molecule has 4 aromatic rings. The van der Waals surface area contributed by atoms with Crippen LogP contribution >= 0.6 is 0 Å². The smallest absolute Gasteiger partial charge is 0.184 e. The van der Waals surface area contributed by atoms with Gasteiger partial charge in [-0.1, -0.05) is 26.8 Å². The van der Waals surface area contributed by atoms with E-state index in [2.05, 4.69) is 16.2 Å². The largest absolute Gasteiger partial charge is 0.255 e. The number of aromatic nitrogens is 3. The monoisotopic (exact) mass is 462 g/mol. The number of pyridine rings is 1. The maximum Gasteiger partial charge on any atom is 0.184 e. The summed E-state index contributed by atoms with van der Waals surface area (Å²) in [6.45, 7) is 7.39. The van der Waals surface area contributed by atoms with E-state index in [1.54, 1.807) is 42.1 Å². The van der Waals surface area contributed by atoms with Crippen molar-refractivity contribution in [3.05, 3.63) is 83.1 Å². The maximum absolute atomic E-state index is 14.7. The number of halogens is 1. The first-order valence-corrected chi connectivity index (χ1v) is 12.0. The van der Waals surface area contributed by atoms with Crippen molar-refractivity contribution >= 4 is 20.7 Å². The topological polar surface area (TPSA) is 88.6 Å². The number of benzene rings is 2. The Morgan fingerprint density at radius 1 is 1.12 bits per heavy atom. The molecule has 0 unspecified atom stereocenters. The molecule has 0 spiro atoms. The molecule has 0 atom stereocenters. The molecule has 8 heteroatoms. The van der Waals surface area contributed by atoms with Crippen LogP contribution in [0, 0.1) is 24.1 Å². The predicted octanol–water partition coefficient (Wildman–Crippen LogP) is 5.01. The Morgan fingerprint density at radius 3 is 2.55 bits per heavy atom. The van der Waals surface area contributed by atoms with Gasteiger partial charge >= 0.3 is 0 Å². The first-order chi connectivity index (χ1) is 15.5. The van der Waals surface area contributed by atoms with E-state index in [1.165, 1.54) is 12.1 Å². The minimum Gasteiger partial charge on any atom is -0.255 e. The van der Waals surface area contributed by atoms with Crippen molar-refractivity contribution in [3.63, 3.8) is 0 Å². The van der Waals surface area contributed by atoms with Crippen LogP contribution in [0.15, 0.2) is 59.6 Å². The summed E-state index contributed by atoms with van der Waals surface area (Å²) < 4.78 is 42.7. The number of aryl methyl sites for hydroxylation is 1. The Morgan fingerprint density at radius 2 is 1.88 bits per heavy atom. The van der Waals surface area contributed by atoms with Gasteiger partial charge in [0.25, 0.3) is 0 Å². The minimum atomic E-state index is -3.85. The van der Waals surface area contributed by atoms with Crippen LogP contribution in [-0.4, -0.2) is 23.2 Å². The lowest BCUT2D eigenvalue weighted by atomic mass is 9.87. The fourth-order valence-electron chi connectivity index (χ4n) is 3.87. The van der Waals surface area contributed by atoms with Gasteiger partial charge in [0.15, 0.2) is 9.84 Å². The zero-order valence-electron chi connectivity index (χ0n) is 18.8. The van der Waals surface area contributed by atoms with Crippen molar-refractivity contribution in [1.29, 1.82) is 5.26 Å². The highest BCUT2D eigenvalue weighted by Crippen LogP contribution is 2.29. The van der Waals surface area contributed by atoms with E-state index in [-0.39, 0.29) is 10.6 Å². The summed E-state index contributed by atoms with van der Waals surface area (Å²) in [7, 11) is -3.85. The molecule has 2 heterocycles. The van der Waals surface area contributed by atoms with Gasteiger partial charge in [-0.2, -0.15) is 10.4 Å². The van der Waals surface area contributed by atoms with E-state index in [0.29, 0.717) is 39.1 Å². The molecule has 2 aromatic heterocycles. The summed E-state index contributed by atoms with van der Waals surface area (Å²) in [5.74, 6) is -0.901. The Hall–Kier alpha value is -3.57. The average molecular weight is 463 g/mol. The molecule has 0 amide bonds. The van der Waals surface area contributed by atoms with Crippen molar-refractivity contribution in [2.24, 2.45) is 0 Å². The van der Waals surface area contributed by atoms with Crippen LogP contribution in [0.25, 0.3) is 16.6 Å². The van der Waals surface area contributed by atoms with E-state index in [1.807, 2.05) is 26.8 Å². The number of rotatable bonds is 4. The van der Waals surface area contributed by atoms with Gasteiger partial charge in [-0.05, 0) is 60.4 Å². The molecule has 33 heavy (non-hydrogen) atoms. The summed E-state index contributed by atoms with van der Waals surface area (Å²) in [6.07, 6.45) is 1.60. The van der Waals surface area contributed by atoms with Crippen molar-refractivity contribution in [2.45, 2.75) is 43.8 Å². The normalized spacial score (nSPS) is 12.1. The molecule has 0 saturated carbocycles. The Kier molecular flexibility index (Phi) is 5.54. The number of nitriles is 1. The van der Waals surface area contributed by atoms with Crippen molar-refractivity contribution in [1.82, 2.24) is 14.8 Å². The van der Waals surface area contributed by atoms with Crippen LogP contribution in [0.1, 0.15) is 43.3 Å². The highest BCUT2D eigenvalue weighted by atomic mass is 32.2. The Bertz CT molecular complexity index is 1530. The van der Waals surface area contributed by atoms with Crippen molar-refractivity contribution in [3.8, 4) is 11.8 Å². The lowest BCUT2D eigenvalue weighted by Crippen LogP contribution is -2.15. The highest BCUT2D eigenvalue weighted by Gasteiger charge is 2.24. The molecule has 0 saturated heterocycles. The molecule has 168 valence electrons. The van der Waals surface area contributed by atoms with Gasteiger partial charge in [0, 0.05) is 11.6 Å². The maximum atomic E-state index is 14.7. The zero-order valence-corrected chi connectivity index (χ0v) is 19.6.